The molecule has 1 aliphatic carbocycles. The van der Waals surface area contributed by atoms with Gasteiger partial charge in [0.15, 0.2) is 11.4 Å². The number of aromatic nitrogens is 2. The number of nitrogens with two attached hydrogens (primary N) is 1. The van der Waals surface area contributed by atoms with Crippen molar-refractivity contribution in [2.75, 3.05) is 20.0 Å². The van der Waals surface area contributed by atoms with Crippen molar-refractivity contribution in [2.45, 2.75) is 36.1 Å². The van der Waals surface area contributed by atoms with Gasteiger partial charge in [-0.2, -0.15) is 10.5 Å². The van der Waals surface area contributed by atoms with Gasteiger partial charge in [-0.05, 0) is 43.4 Å². The molecule has 7 nitrogen and oxygen atoms in total. The minimum absolute atomic E-state index is 0.354. The summed E-state index contributed by atoms with van der Waals surface area (Å²) in [7, 11) is 1.53. The van der Waals surface area contributed by atoms with E-state index in [-0.39, 0.29) is 5.54 Å². The summed E-state index contributed by atoms with van der Waals surface area (Å²) in [4.78, 5) is 5.25. The molecule has 1 aromatic carbocycles. The monoisotopic (exact) mass is 433 g/mol. The molecular formula is C23H23N5O2S. The van der Waals surface area contributed by atoms with E-state index >= 15 is 0 Å². The van der Waals surface area contributed by atoms with Crippen LogP contribution in [0.1, 0.15) is 36.9 Å². The first-order chi connectivity index (χ1) is 15.0. The Hall–Kier alpha value is -3.20. The predicted octanol–water partition coefficient (Wildman–Crippen LogP) is 4.13. The van der Waals surface area contributed by atoms with E-state index in [4.69, 9.17) is 15.2 Å². The molecule has 0 amide bonds. The summed E-state index contributed by atoms with van der Waals surface area (Å²) in [5, 5.41) is 19.5. The number of fused-ring (bicyclic) bond motifs is 1. The van der Waals surface area contributed by atoms with Crippen molar-refractivity contribution >= 4 is 17.4 Å². The lowest BCUT2D eigenvalue weighted by atomic mass is 10.0. The quantitative estimate of drug-likeness (QED) is 0.582. The third-order valence-electron chi connectivity index (χ3n) is 5.76. The SMILES string of the molecule is COc1ccc2ncc(-c3cc(OCC4(N)CCCC4)c(C#N)c(SC)c3)n2c1C#N. The van der Waals surface area contributed by atoms with E-state index in [0.717, 1.165) is 41.8 Å². The molecule has 0 radical (unpaired) electrons. The van der Waals surface area contributed by atoms with E-state index < -0.39 is 0 Å². The molecule has 0 bridgehead atoms. The van der Waals surface area contributed by atoms with Crippen molar-refractivity contribution in [3.8, 4) is 34.9 Å². The Labute approximate surface area is 185 Å². The Bertz CT molecular complexity index is 1220. The number of pyridine rings is 1. The van der Waals surface area contributed by atoms with Gasteiger partial charge in [-0.1, -0.05) is 12.8 Å². The molecule has 1 fully saturated rings. The van der Waals surface area contributed by atoms with E-state index in [2.05, 4.69) is 17.1 Å². The fourth-order valence-electron chi connectivity index (χ4n) is 4.10. The number of ether oxygens (including phenoxy) is 2. The summed E-state index contributed by atoms with van der Waals surface area (Å²) in [5.74, 6) is 0.966. The first-order valence-corrected chi connectivity index (χ1v) is 11.2. The fourth-order valence-corrected chi connectivity index (χ4v) is 4.69. The molecular weight excluding hydrogens is 410 g/mol. The number of nitriles is 2. The minimum Gasteiger partial charge on any atom is -0.494 e. The fraction of sp³-hybridized carbons (Fsp3) is 0.348. The molecule has 2 aromatic heterocycles. The highest BCUT2D eigenvalue weighted by Crippen LogP contribution is 2.37. The summed E-state index contributed by atoms with van der Waals surface area (Å²) in [6.07, 6.45) is 7.67. The van der Waals surface area contributed by atoms with Gasteiger partial charge in [0, 0.05) is 10.5 Å². The molecule has 0 saturated heterocycles. The molecule has 0 aliphatic heterocycles. The molecule has 0 atom stereocenters. The molecule has 31 heavy (non-hydrogen) atoms. The molecule has 8 heteroatoms. The van der Waals surface area contributed by atoms with Gasteiger partial charge in [-0.15, -0.1) is 11.8 Å². The van der Waals surface area contributed by atoms with Gasteiger partial charge in [-0.25, -0.2) is 4.98 Å². The highest BCUT2D eigenvalue weighted by molar-refractivity contribution is 7.98. The number of nitrogens with zero attached hydrogens (tertiary/aromatic N) is 4. The van der Waals surface area contributed by atoms with Crippen LogP contribution in [0.3, 0.4) is 0 Å². The standard InChI is InChI=1S/C23H23N5O2S/c1-29-19-5-6-22-27-13-18(28(22)17(19)12-25)15-9-20(16(11-24)21(10-15)31-2)30-14-23(26)7-3-4-8-23/h5-6,9-10,13H,3-4,7-8,14,26H2,1-2H3. The number of thioether (sulfide) groups is 1. The van der Waals surface area contributed by atoms with Crippen molar-refractivity contribution in [1.29, 1.82) is 10.5 Å². The minimum atomic E-state index is -0.354. The average Bonchev–Trinajstić information content (AvgIpc) is 3.43. The van der Waals surface area contributed by atoms with Crippen LogP contribution in [0.2, 0.25) is 0 Å². The Morgan fingerprint density at radius 2 is 1.97 bits per heavy atom. The normalized spacial score (nSPS) is 14.9. The van der Waals surface area contributed by atoms with Crippen LogP contribution in [-0.4, -0.2) is 34.9 Å². The largest absolute Gasteiger partial charge is 0.494 e. The maximum atomic E-state index is 9.78. The van der Waals surface area contributed by atoms with Crippen molar-refractivity contribution in [3.63, 3.8) is 0 Å². The topological polar surface area (TPSA) is 109 Å². The van der Waals surface area contributed by atoms with Gasteiger partial charge < -0.3 is 15.2 Å². The lowest BCUT2D eigenvalue weighted by Gasteiger charge is -2.24. The van der Waals surface area contributed by atoms with Gasteiger partial charge in [0.1, 0.15) is 35.7 Å². The number of hydrogen-bond acceptors (Lipinski definition) is 7. The molecule has 0 spiro atoms. The summed E-state index contributed by atoms with van der Waals surface area (Å²) in [6, 6.07) is 11.8. The second-order valence-corrected chi connectivity index (χ2v) is 8.57. The number of benzene rings is 1. The molecule has 2 N–H and O–H groups in total. The van der Waals surface area contributed by atoms with Crippen LogP contribution in [0.25, 0.3) is 16.9 Å². The van der Waals surface area contributed by atoms with Crippen molar-refractivity contribution < 1.29 is 9.47 Å². The van der Waals surface area contributed by atoms with Gasteiger partial charge in [-0.3, -0.25) is 4.40 Å². The third-order valence-corrected chi connectivity index (χ3v) is 6.53. The number of rotatable bonds is 6. The lowest BCUT2D eigenvalue weighted by Crippen LogP contribution is -2.42. The highest BCUT2D eigenvalue weighted by Gasteiger charge is 2.30. The smallest absolute Gasteiger partial charge is 0.169 e. The van der Waals surface area contributed by atoms with Gasteiger partial charge >= 0.3 is 0 Å². The van der Waals surface area contributed by atoms with Crippen LogP contribution in [-0.2, 0) is 0 Å². The molecule has 2 heterocycles. The second-order valence-electron chi connectivity index (χ2n) is 7.72. The van der Waals surface area contributed by atoms with Gasteiger partial charge in [0.25, 0.3) is 0 Å². The third kappa shape index (κ3) is 3.81. The Kier molecular flexibility index (Phi) is 5.77. The van der Waals surface area contributed by atoms with Crippen LogP contribution < -0.4 is 15.2 Å². The Balaban J connectivity index is 1.84. The number of methoxy groups -OCH3 is 1. The summed E-state index contributed by atoms with van der Waals surface area (Å²) < 4.78 is 13.2. The number of imidazole rings is 1. The van der Waals surface area contributed by atoms with Crippen molar-refractivity contribution in [2.24, 2.45) is 5.73 Å². The van der Waals surface area contributed by atoms with Gasteiger partial charge in [0.05, 0.1) is 24.5 Å². The van der Waals surface area contributed by atoms with E-state index in [9.17, 15) is 10.5 Å². The van der Waals surface area contributed by atoms with Crippen LogP contribution in [0, 0.1) is 22.7 Å². The molecule has 4 rings (SSSR count). The zero-order chi connectivity index (χ0) is 22.0. The second kappa shape index (κ2) is 8.50. The Morgan fingerprint density at radius 3 is 2.61 bits per heavy atom. The van der Waals surface area contributed by atoms with E-state index in [1.165, 1.54) is 18.9 Å². The first-order valence-electron chi connectivity index (χ1n) is 10.0. The van der Waals surface area contributed by atoms with E-state index in [1.54, 1.807) is 22.7 Å². The van der Waals surface area contributed by atoms with Crippen LogP contribution in [0.5, 0.6) is 11.5 Å². The molecule has 0 unspecified atom stereocenters. The van der Waals surface area contributed by atoms with Crippen molar-refractivity contribution in [3.05, 3.63) is 41.7 Å². The molecule has 1 saturated carbocycles. The zero-order valence-corrected chi connectivity index (χ0v) is 18.3. The van der Waals surface area contributed by atoms with Crippen molar-refractivity contribution in [1.82, 2.24) is 9.38 Å². The van der Waals surface area contributed by atoms with E-state index in [0.29, 0.717) is 35.0 Å². The zero-order valence-electron chi connectivity index (χ0n) is 17.5. The van der Waals surface area contributed by atoms with Crippen LogP contribution in [0.15, 0.2) is 35.4 Å². The lowest BCUT2D eigenvalue weighted by molar-refractivity contribution is 0.219. The highest BCUT2D eigenvalue weighted by atomic mass is 32.2. The average molecular weight is 434 g/mol. The molecule has 3 aromatic rings. The van der Waals surface area contributed by atoms with E-state index in [1.807, 2.05) is 18.4 Å². The maximum absolute atomic E-state index is 9.78. The number of hydrogen-bond donors (Lipinski definition) is 1. The van der Waals surface area contributed by atoms with Crippen LogP contribution in [0.4, 0.5) is 0 Å². The molecule has 1 aliphatic rings. The Morgan fingerprint density at radius 1 is 1.19 bits per heavy atom. The first kappa shape index (κ1) is 21.0. The summed E-state index contributed by atoms with van der Waals surface area (Å²) in [6.45, 7) is 0.364. The summed E-state index contributed by atoms with van der Waals surface area (Å²) >= 11 is 1.47. The molecule has 158 valence electrons. The predicted molar refractivity (Wildman–Crippen MR) is 119 cm³/mol. The van der Waals surface area contributed by atoms with Gasteiger partial charge in [0.2, 0.25) is 0 Å². The van der Waals surface area contributed by atoms with Crippen LogP contribution >= 0.6 is 11.8 Å². The summed E-state index contributed by atoms with van der Waals surface area (Å²) in [5.41, 5.74) is 9.12. The maximum Gasteiger partial charge on any atom is 0.169 e.